The summed E-state index contributed by atoms with van der Waals surface area (Å²) in [6.07, 6.45) is -0.127. The second kappa shape index (κ2) is 10.4. The van der Waals surface area contributed by atoms with Gasteiger partial charge in [-0.3, -0.25) is 0 Å². The number of esters is 2. The second-order valence-electron chi connectivity index (χ2n) is 9.81. The highest BCUT2D eigenvalue weighted by Gasteiger charge is 2.79. The topological polar surface area (TPSA) is 99.2 Å². The van der Waals surface area contributed by atoms with Gasteiger partial charge in [0, 0.05) is 6.42 Å². The Labute approximate surface area is 232 Å². The predicted molar refractivity (Wildman–Crippen MR) is 143 cm³/mol. The van der Waals surface area contributed by atoms with E-state index in [-0.39, 0.29) is 31.1 Å². The molecule has 3 aromatic rings. The summed E-state index contributed by atoms with van der Waals surface area (Å²) in [7, 11) is -4.61. The molecule has 2 aliphatic heterocycles. The van der Waals surface area contributed by atoms with Crippen molar-refractivity contribution in [3.63, 3.8) is 0 Å². The van der Waals surface area contributed by atoms with Gasteiger partial charge in [0.25, 0.3) is 5.54 Å². The number of hydrogen-bond donors (Lipinski definition) is 0. The molecule has 40 heavy (non-hydrogen) atoms. The maximum atomic E-state index is 14.7. The average molecular weight is 568 g/mol. The number of aryl methyl sites for hydroxylation is 1. The van der Waals surface area contributed by atoms with Gasteiger partial charge in [-0.1, -0.05) is 54.1 Å². The van der Waals surface area contributed by atoms with E-state index < -0.39 is 45.0 Å². The number of carbonyl (C=O) groups excluding carboxylic acids is 2. The van der Waals surface area contributed by atoms with Crippen LogP contribution in [0.4, 0.5) is 4.39 Å². The molecule has 5 rings (SSSR count). The molecule has 0 aromatic heterocycles. The first kappa shape index (κ1) is 27.9. The molecule has 1 fully saturated rings. The minimum absolute atomic E-state index is 0.0330. The van der Waals surface area contributed by atoms with Gasteiger partial charge in [0.05, 0.1) is 30.8 Å². The number of halogens is 1. The first-order chi connectivity index (χ1) is 19.1. The second-order valence-corrected chi connectivity index (χ2v) is 11.6. The highest BCUT2D eigenvalue weighted by Crippen LogP contribution is 2.62. The van der Waals surface area contributed by atoms with E-state index in [1.165, 1.54) is 36.4 Å². The maximum absolute atomic E-state index is 14.7. The van der Waals surface area contributed by atoms with Crippen LogP contribution in [0.3, 0.4) is 0 Å². The van der Waals surface area contributed by atoms with E-state index >= 15 is 0 Å². The zero-order valence-corrected chi connectivity index (χ0v) is 23.2. The number of rotatable bonds is 7. The molecule has 1 spiro atoms. The lowest BCUT2D eigenvalue weighted by atomic mass is 9.74. The number of sulfonamides is 1. The van der Waals surface area contributed by atoms with E-state index in [4.69, 9.17) is 14.2 Å². The van der Waals surface area contributed by atoms with Crippen molar-refractivity contribution in [1.82, 2.24) is 4.31 Å². The van der Waals surface area contributed by atoms with Gasteiger partial charge in [0.1, 0.15) is 11.4 Å². The van der Waals surface area contributed by atoms with E-state index in [0.29, 0.717) is 16.7 Å². The third-order valence-corrected chi connectivity index (χ3v) is 9.49. The van der Waals surface area contributed by atoms with Crippen LogP contribution in [0.2, 0.25) is 0 Å². The maximum Gasteiger partial charge on any atom is 0.342 e. The quantitative estimate of drug-likeness (QED) is 0.305. The van der Waals surface area contributed by atoms with Crippen molar-refractivity contribution in [3.05, 3.63) is 101 Å². The fourth-order valence-corrected chi connectivity index (χ4v) is 7.77. The van der Waals surface area contributed by atoms with Gasteiger partial charge in [-0.15, -0.1) is 0 Å². The largest absolute Gasteiger partial charge is 0.464 e. The molecule has 0 N–H and O–H groups in total. The van der Waals surface area contributed by atoms with E-state index in [9.17, 15) is 22.4 Å². The van der Waals surface area contributed by atoms with Crippen LogP contribution in [-0.2, 0) is 46.0 Å². The third-order valence-electron chi connectivity index (χ3n) is 7.58. The zero-order chi connectivity index (χ0) is 28.7. The van der Waals surface area contributed by atoms with Crippen LogP contribution in [0.5, 0.6) is 0 Å². The van der Waals surface area contributed by atoms with Gasteiger partial charge in [0.15, 0.2) is 0 Å². The first-order valence-electron chi connectivity index (χ1n) is 13.1. The number of benzene rings is 3. The first-order valence-corrected chi connectivity index (χ1v) is 14.5. The Balaban J connectivity index is 1.90. The van der Waals surface area contributed by atoms with Crippen LogP contribution in [0.25, 0.3) is 0 Å². The van der Waals surface area contributed by atoms with Gasteiger partial charge in [-0.2, -0.15) is 4.31 Å². The van der Waals surface area contributed by atoms with E-state index in [1.54, 1.807) is 50.2 Å². The standard InChI is InChI=1S/C30H30FNO7S/c1-4-37-27(33)30(28(34)38-5-2)29(25-9-7-6-8-22(25)19-39-29)18-26(21-12-14-23(31)15-13-21)32(30)40(35,36)24-16-10-20(3)11-17-24/h6-17,26H,4-5,18-19H2,1-3H3/t26-,29+/m1/s1. The summed E-state index contributed by atoms with van der Waals surface area (Å²) in [5, 5.41) is 0. The Morgan fingerprint density at radius 1 is 0.950 bits per heavy atom. The molecule has 0 aliphatic carbocycles. The molecule has 0 amide bonds. The molecule has 0 bridgehead atoms. The number of hydrogen-bond acceptors (Lipinski definition) is 7. The fourth-order valence-electron chi connectivity index (χ4n) is 5.88. The summed E-state index contributed by atoms with van der Waals surface area (Å²) in [6, 6.07) is 17.3. The van der Waals surface area contributed by atoms with Crippen molar-refractivity contribution in [2.24, 2.45) is 0 Å². The van der Waals surface area contributed by atoms with Crippen molar-refractivity contribution in [1.29, 1.82) is 0 Å². The van der Waals surface area contributed by atoms with Gasteiger partial charge in [-0.05, 0) is 61.7 Å². The lowest BCUT2D eigenvalue weighted by molar-refractivity contribution is -0.190. The number of nitrogens with zero attached hydrogens (tertiary/aromatic N) is 1. The molecule has 8 nitrogen and oxygen atoms in total. The van der Waals surface area contributed by atoms with Crippen molar-refractivity contribution >= 4 is 22.0 Å². The summed E-state index contributed by atoms with van der Waals surface area (Å²) < 4.78 is 61.6. The van der Waals surface area contributed by atoms with E-state index in [1.807, 2.05) is 6.92 Å². The van der Waals surface area contributed by atoms with Crippen molar-refractivity contribution < 1.29 is 36.6 Å². The highest BCUT2D eigenvalue weighted by molar-refractivity contribution is 7.89. The van der Waals surface area contributed by atoms with Crippen LogP contribution < -0.4 is 0 Å². The molecule has 10 heteroatoms. The molecule has 2 atom stereocenters. The number of fused-ring (bicyclic) bond motifs is 2. The lowest BCUT2D eigenvalue weighted by Crippen LogP contribution is -2.68. The predicted octanol–water partition coefficient (Wildman–Crippen LogP) is 4.56. The Kier molecular flexibility index (Phi) is 7.28. The molecule has 3 aromatic carbocycles. The monoisotopic (exact) mass is 567 g/mol. The normalized spacial score (nSPS) is 21.8. The Bertz CT molecular complexity index is 1520. The minimum Gasteiger partial charge on any atom is -0.464 e. The Morgan fingerprint density at radius 2 is 1.55 bits per heavy atom. The molecular formula is C30H30FNO7S. The lowest BCUT2D eigenvalue weighted by Gasteiger charge is -2.42. The van der Waals surface area contributed by atoms with Crippen LogP contribution in [0.1, 0.15) is 48.6 Å². The number of carbonyl (C=O) groups is 2. The Morgan fingerprint density at radius 3 is 2.15 bits per heavy atom. The molecule has 2 heterocycles. The van der Waals surface area contributed by atoms with Crippen LogP contribution in [0.15, 0.2) is 77.7 Å². The van der Waals surface area contributed by atoms with Crippen LogP contribution >= 0.6 is 0 Å². The van der Waals surface area contributed by atoms with Gasteiger partial charge >= 0.3 is 11.9 Å². The zero-order valence-electron chi connectivity index (χ0n) is 22.4. The molecule has 1 saturated heterocycles. The number of ether oxygens (including phenoxy) is 3. The summed E-state index contributed by atoms with van der Waals surface area (Å²) >= 11 is 0. The smallest absolute Gasteiger partial charge is 0.342 e. The minimum atomic E-state index is -4.61. The van der Waals surface area contributed by atoms with Gasteiger partial charge in [0.2, 0.25) is 10.0 Å². The third kappa shape index (κ3) is 4.05. The highest BCUT2D eigenvalue weighted by atomic mass is 32.2. The summed E-state index contributed by atoms with van der Waals surface area (Å²) in [4.78, 5) is 28.4. The molecule has 210 valence electrons. The summed E-state index contributed by atoms with van der Waals surface area (Å²) in [6.45, 7) is 4.73. The molecule has 0 radical (unpaired) electrons. The molecular weight excluding hydrogens is 537 g/mol. The SMILES string of the molecule is CCOC(=O)C1(C(=O)OCC)N(S(=O)(=O)c2ccc(C)cc2)[C@@H](c2ccc(F)cc2)C[C@@]12OCc1ccccc12. The van der Waals surface area contributed by atoms with E-state index in [0.717, 1.165) is 9.87 Å². The van der Waals surface area contributed by atoms with Crippen LogP contribution in [-0.4, -0.2) is 43.4 Å². The fraction of sp³-hybridized carbons (Fsp3) is 0.333. The van der Waals surface area contributed by atoms with Gasteiger partial charge in [-0.25, -0.2) is 22.4 Å². The molecule has 0 saturated carbocycles. The van der Waals surface area contributed by atoms with Crippen molar-refractivity contribution in [2.75, 3.05) is 13.2 Å². The average Bonchev–Trinajstić information content (AvgIpc) is 3.47. The summed E-state index contributed by atoms with van der Waals surface area (Å²) in [5.41, 5.74) is -1.99. The van der Waals surface area contributed by atoms with Crippen molar-refractivity contribution in [2.45, 2.75) is 55.9 Å². The molecule has 2 aliphatic rings. The molecule has 0 unspecified atom stereocenters. The van der Waals surface area contributed by atoms with E-state index in [2.05, 4.69) is 0 Å². The Hall–Kier alpha value is -3.60. The van der Waals surface area contributed by atoms with Crippen LogP contribution in [0, 0.1) is 12.7 Å². The summed E-state index contributed by atoms with van der Waals surface area (Å²) in [5.74, 6) is -2.73. The van der Waals surface area contributed by atoms with Crippen molar-refractivity contribution in [3.8, 4) is 0 Å². The van der Waals surface area contributed by atoms with Gasteiger partial charge < -0.3 is 14.2 Å².